The second-order valence-electron chi connectivity index (χ2n) is 7.32. The van der Waals surface area contributed by atoms with Crippen molar-refractivity contribution in [2.75, 3.05) is 26.4 Å². The lowest BCUT2D eigenvalue weighted by molar-refractivity contribution is -0.159. The largest absolute Gasteiger partial charge is 0.454 e. The van der Waals surface area contributed by atoms with Gasteiger partial charge in [-0.3, -0.25) is 4.79 Å². The van der Waals surface area contributed by atoms with E-state index >= 15 is 0 Å². The van der Waals surface area contributed by atoms with Crippen LogP contribution in [0.4, 0.5) is 0 Å². The number of carbonyl (C=O) groups excluding carboxylic acids is 2. The molecule has 1 N–H and O–H groups in total. The smallest absolute Gasteiger partial charge is 0.335 e. The first-order valence-electron chi connectivity index (χ1n) is 9.56. The average molecular weight is 357 g/mol. The summed E-state index contributed by atoms with van der Waals surface area (Å²) in [5.41, 5.74) is 0. The molecule has 6 heteroatoms. The van der Waals surface area contributed by atoms with E-state index in [4.69, 9.17) is 14.2 Å². The lowest BCUT2D eigenvalue weighted by Crippen LogP contribution is -2.35. The Morgan fingerprint density at radius 2 is 1.84 bits per heavy atom. The van der Waals surface area contributed by atoms with Gasteiger partial charge in [0.05, 0.1) is 12.7 Å². The van der Waals surface area contributed by atoms with E-state index in [1.807, 2.05) is 0 Å². The van der Waals surface area contributed by atoms with Gasteiger partial charge in [-0.1, -0.05) is 33.6 Å². The Hall–Kier alpha value is -1.14. The van der Waals surface area contributed by atoms with Gasteiger partial charge >= 0.3 is 5.97 Å². The van der Waals surface area contributed by atoms with Gasteiger partial charge in [0, 0.05) is 13.2 Å². The second kappa shape index (κ2) is 12.3. The maximum Gasteiger partial charge on any atom is 0.335 e. The number of ether oxygens (including phenoxy) is 3. The fraction of sp³-hybridized carbons (Fsp3) is 0.895. The van der Waals surface area contributed by atoms with E-state index in [9.17, 15) is 9.59 Å². The zero-order valence-electron chi connectivity index (χ0n) is 16.2. The molecule has 0 radical (unpaired) electrons. The third kappa shape index (κ3) is 9.80. The third-order valence-electron chi connectivity index (χ3n) is 4.53. The summed E-state index contributed by atoms with van der Waals surface area (Å²) in [4.78, 5) is 23.4. The highest BCUT2D eigenvalue weighted by molar-refractivity contribution is 5.81. The summed E-state index contributed by atoms with van der Waals surface area (Å²) in [5.74, 6) is 0.282. The first-order valence-corrected chi connectivity index (χ1v) is 9.56. The summed E-state index contributed by atoms with van der Waals surface area (Å²) in [7, 11) is 0. The lowest BCUT2D eigenvalue weighted by Gasteiger charge is -2.28. The van der Waals surface area contributed by atoms with Gasteiger partial charge in [0.15, 0.2) is 12.7 Å². The molecule has 0 bridgehead atoms. The molecule has 146 valence electrons. The number of hydrogen-bond acceptors (Lipinski definition) is 5. The molecule has 1 fully saturated rings. The molecule has 1 aliphatic rings. The highest BCUT2D eigenvalue weighted by Gasteiger charge is 2.21. The van der Waals surface area contributed by atoms with Crippen LogP contribution in [0.1, 0.15) is 59.8 Å². The second-order valence-corrected chi connectivity index (χ2v) is 7.32. The van der Waals surface area contributed by atoms with Gasteiger partial charge in [0.2, 0.25) is 0 Å². The van der Waals surface area contributed by atoms with Crippen LogP contribution in [-0.2, 0) is 23.8 Å². The summed E-state index contributed by atoms with van der Waals surface area (Å²) in [5, 5.41) is 2.71. The van der Waals surface area contributed by atoms with Crippen LogP contribution in [0.2, 0.25) is 0 Å². The van der Waals surface area contributed by atoms with Gasteiger partial charge in [-0.2, -0.15) is 0 Å². The van der Waals surface area contributed by atoms with E-state index in [0.717, 1.165) is 12.8 Å². The van der Waals surface area contributed by atoms with Crippen LogP contribution in [0.15, 0.2) is 0 Å². The van der Waals surface area contributed by atoms with Gasteiger partial charge in [-0.15, -0.1) is 0 Å². The highest BCUT2D eigenvalue weighted by Crippen LogP contribution is 2.25. The van der Waals surface area contributed by atoms with Crippen LogP contribution in [0.3, 0.4) is 0 Å². The minimum absolute atomic E-state index is 0.281. The van der Waals surface area contributed by atoms with E-state index < -0.39 is 12.1 Å². The molecule has 0 heterocycles. The molecule has 1 amide bonds. The maximum atomic E-state index is 11.7. The van der Waals surface area contributed by atoms with Crippen molar-refractivity contribution in [3.05, 3.63) is 0 Å². The van der Waals surface area contributed by atoms with Crippen LogP contribution in [-0.4, -0.2) is 50.4 Å². The van der Waals surface area contributed by atoms with Crippen molar-refractivity contribution in [1.29, 1.82) is 0 Å². The van der Waals surface area contributed by atoms with Crippen LogP contribution in [0.25, 0.3) is 0 Å². The first kappa shape index (κ1) is 21.9. The Morgan fingerprint density at radius 1 is 1.12 bits per heavy atom. The standard InChI is InChI=1S/C19H35NO5/c1-14(2)9-11-23-16(4)19(22)25-13-18(21)20-10-12-24-17-8-6-5-7-15(17)3/h14-17H,5-13H2,1-4H3,(H,20,21). The van der Waals surface area contributed by atoms with Crippen molar-refractivity contribution in [2.45, 2.75) is 72.0 Å². The molecule has 0 spiro atoms. The summed E-state index contributed by atoms with van der Waals surface area (Å²) in [6.07, 6.45) is 5.34. The number of rotatable bonds is 11. The van der Waals surface area contributed by atoms with Crippen molar-refractivity contribution in [2.24, 2.45) is 11.8 Å². The van der Waals surface area contributed by atoms with Gasteiger partial charge in [-0.05, 0) is 38.0 Å². The van der Waals surface area contributed by atoms with Crippen molar-refractivity contribution >= 4 is 11.9 Å². The highest BCUT2D eigenvalue weighted by atomic mass is 16.6. The van der Waals surface area contributed by atoms with E-state index in [-0.39, 0.29) is 12.5 Å². The van der Waals surface area contributed by atoms with E-state index in [2.05, 4.69) is 26.1 Å². The Labute approximate surface area is 152 Å². The summed E-state index contributed by atoms with van der Waals surface area (Å²) in [6, 6.07) is 0. The van der Waals surface area contributed by atoms with E-state index in [1.165, 1.54) is 19.3 Å². The van der Waals surface area contributed by atoms with Gasteiger partial charge in [-0.25, -0.2) is 4.79 Å². The predicted octanol–water partition coefficient (Wildman–Crippen LogP) is 2.69. The van der Waals surface area contributed by atoms with Gasteiger partial charge in [0.1, 0.15) is 0 Å². The lowest BCUT2D eigenvalue weighted by atomic mass is 9.88. The van der Waals surface area contributed by atoms with Crippen molar-refractivity contribution in [3.8, 4) is 0 Å². The Bertz CT molecular complexity index is 399. The number of nitrogens with one attached hydrogen (secondary N) is 1. The average Bonchev–Trinajstić information content (AvgIpc) is 2.57. The van der Waals surface area contributed by atoms with Crippen LogP contribution in [0, 0.1) is 11.8 Å². The molecule has 3 atom stereocenters. The molecule has 0 aromatic rings. The molecule has 0 aromatic heterocycles. The van der Waals surface area contributed by atoms with Gasteiger partial charge < -0.3 is 19.5 Å². The van der Waals surface area contributed by atoms with E-state index in [1.54, 1.807) is 6.92 Å². The molecule has 3 unspecified atom stereocenters. The summed E-state index contributed by atoms with van der Waals surface area (Å²) >= 11 is 0. The number of hydrogen-bond donors (Lipinski definition) is 1. The molecule has 0 saturated heterocycles. The molecule has 25 heavy (non-hydrogen) atoms. The van der Waals surface area contributed by atoms with Crippen LogP contribution in [0.5, 0.6) is 0 Å². The molecule has 0 aliphatic heterocycles. The normalized spacial score (nSPS) is 21.8. The minimum Gasteiger partial charge on any atom is -0.454 e. The number of carbonyl (C=O) groups is 2. The monoisotopic (exact) mass is 357 g/mol. The first-order chi connectivity index (χ1) is 11.9. The molecule has 1 saturated carbocycles. The summed E-state index contributed by atoms with van der Waals surface area (Å²) in [6.45, 7) is 9.19. The number of esters is 1. The third-order valence-corrected chi connectivity index (χ3v) is 4.53. The predicted molar refractivity (Wildman–Crippen MR) is 96.2 cm³/mol. The molecular weight excluding hydrogens is 322 g/mol. The zero-order valence-corrected chi connectivity index (χ0v) is 16.2. The maximum absolute atomic E-state index is 11.7. The Morgan fingerprint density at radius 3 is 2.52 bits per heavy atom. The Kier molecular flexibility index (Phi) is 10.7. The van der Waals surface area contributed by atoms with E-state index in [0.29, 0.717) is 37.7 Å². The minimum atomic E-state index is -0.650. The SMILES string of the molecule is CC(C)CCOC(C)C(=O)OCC(=O)NCCOC1CCCCC1C. The van der Waals surface area contributed by atoms with Crippen molar-refractivity contribution in [3.63, 3.8) is 0 Å². The van der Waals surface area contributed by atoms with Crippen LogP contribution < -0.4 is 5.32 Å². The Balaban J connectivity index is 2.06. The van der Waals surface area contributed by atoms with Gasteiger partial charge in [0.25, 0.3) is 5.91 Å². The molecular formula is C19H35NO5. The summed E-state index contributed by atoms with van der Waals surface area (Å²) < 4.78 is 16.2. The molecule has 1 rings (SSSR count). The zero-order chi connectivity index (χ0) is 18.7. The molecule has 6 nitrogen and oxygen atoms in total. The fourth-order valence-corrected chi connectivity index (χ4v) is 2.78. The quantitative estimate of drug-likeness (QED) is 0.455. The number of amides is 1. The van der Waals surface area contributed by atoms with Crippen LogP contribution >= 0.6 is 0 Å². The topological polar surface area (TPSA) is 73.9 Å². The fourth-order valence-electron chi connectivity index (χ4n) is 2.78. The molecule has 0 aromatic carbocycles. The van der Waals surface area contributed by atoms with Crippen molar-refractivity contribution in [1.82, 2.24) is 5.32 Å². The molecule has 1 aliphatic carbocycles. The van der Waals surface area contributed by atoms with Crippen molar-refractivity contribution < 1.29 is 23.8 Å².